The summed E-state index contributed by atoms with van der Waals surface area (Å²) in [6, 6.07) is 10.8. The number of carboxylic acids is 1. The molecule has 0 fully saturated rings. The molecule has 0 atom stereocenters. The molecule has 3 rings (SSSR count). The third kappa shape index (κ3) is 3.79. The standard InChI is InChI=1S/C18H15ClN2O4S/c1-24-14-8-10(7-11(19)16(14)25-2)9-15(17(22)23)26-18-20-12-5-3-4-6-13(12)21-18/h3-9H,1-2H3,(H,20,21)(H,22,23)/b15-9-. The highest BCUT2D eigenvalue weighted by Gasteiger charge is 2.15. The summed E-state index contributed by atoms with van der Waals surface area (Å²) in [5, 5.41) is 10.4. The van der Waals surface area contributed by atoms with Gasteiger partial charge < -0.3 is 19.6 Å². The molecule has 26 heavy (non-hydrogen) atoms. The summed E-state index contributed by atoms with van der Waals surface area (Å²) in [4.78, 5) is 19.2. The number of methoxy groups -OCH3 is 2. The first-order valence-electron chi connectivity index (χ1n) is 7.51. The van der Waals surface area contributed by atoms with Crippen LogP contribution < -0.4 is 9.47 Å². The first-order chi connectivity index (χ1) is 12.5. The van der Waals surface area contributed by atoms with Gasteiger partial charge in [-0.3, -0.25) is 0 Å². The summed E-state index contributed by atoms with van der Waals surface area (Å²) in [5.74, 6) is -0.251. The molecule has 2 aromatic carbocycles. The smallest absolute Gasteiger partial charge is 0.342 e. The molecule has 0 radical (unpaired) electrons. The topological polar surface area (TPSA) is 84.4 Å². The van der Waals surface area contributed by atoms with Crippen molar-refractivity contribution >= 4 is 46.4 Å². The molecule has 0 bridgehead atoms. The van der Waals surface area contributed by atoms with Gasteiger partial charge in [-0.15, -0.1) is 0 Å². The number of fused-ring (bicyclic) bond motifs is 1. The van der Waals surface area contributed by atoms with Crippen molar-refractivity contribution in [1.29, 1.82) is 0 Å². The minimum absolute atomic E-state index is 0.0901. The minimum atomic E-state index is -1.07. The van der Waals surface area contributed by atoms with Crippen molar-refractivity contribution in [2.24, 2.45) is 0 Å². The van der Waals surface area contributed by atoms with Crippen LogP contribution in [0.3, 0.4) is 0 Å². The summed E-state index contributed by atoms with van der Waals surface area (Å²) in [7, 11) is 2.97. The van der Waals surface area contributed by atoms with E-state index < -0.39 is 5.97 Å². The van der Waals surface area contributed by atoms with Crippen LogP contribution in [0.1, 0.15) is 5.56 Å². The highest BCUT2D eigenvalue weighted by Crippen LogP contribution is 2.37. The van der Waals surface area contributed by atoms with E-state index >= 15 is 0 Å². The quantitative estimate of drug-likeness (QED) is 0.477. The average Bonchev–Trinajstić information content (AvgIpc) is 3.03. The highest BCUT2D eigenvalue weighted by molar-refractivity contribution is 8.04. The molecule has 6 nitrogen and oxygen atoms in total. The number of imidazole rings is 1. The number of nitrogens with zero attached hydrogens (tertiary/aromatic N) is 1. The Labute approximate surface area is 158 Å². The molecule has 3 aromatic rings. The first-order valence-corrected chi connectivity index (χ1v) is 8.70. The van der Waals surface area contributed by atoms with Gasteiger partial charge in [-0.1, -0.05) is 23.7 Å². The summed E-state index contributed by atoms with van der Waals surface area (Å²) in [5.41, 5.74) is 2.19. The Balaban J connectivity index is 1.97. The van der Waals surface area contributed by atoms with Crippen LogP contribution in [0, 0.1) is 0 Å². The van der Waals surface area contributed by atoms with E-state index in [-0.39, 0.29) is 4.91 Å². The molecule has 2 N–H and O–H groups in total. The maximum absolute atomic E-state index is 11.7. The van der Waals surface area contributed by atoms with Gasteiger partial charge in [0.2, 0.25) is 0 Å². The lowest BCUT2D eigenvalue weighted by Gasteiger charge is -2.10. The second-order valence-corrected chi connectivity index (χ2v) is 6.65. The number of aromatic amines is 1. The summed E-state index contributed by atoms with van der Waals surface area (Å²) in [6.45, 7) is 0. The summed E-state index contributed by atoms with van der Waals surface area (Å²) in [6.07, 6.45) is 1.51. The Bertz CT molecular complexity index is 967. The summed E-state index contributed by atoms with van der Waals surface area (Å²) < 4.78 is 10.4. The molecule has 0 saturated carbocycles. The van der Waals surface area contributed by atoms with Crippen LogP contribution in [0.15, 0.2) is 46.5 Å². The summed E-state index contributed by atoms with van der Waals surface area (Å²) >= 11 is 7.21. The van der Waals surface area contributed by atoms with E-state index in [4.69, 9.17) is 21.1 Å². The monoisotopic (exact) mass is 390 g/mol. The number of nitrogens with one attached hydrogen (secondary N) is 1. The lowest BCUT2D eigenvalue weighted by molar-refractivity contribution is -0.131. The number of carboxylic acid groups (broad SMARTS) is 1. The molecule has 8 heteroatoms. The Morgan fingerprint density at radius 1 is 1.27 bits per heavy atom. The van der Waals surface area contributed by atoms with Gasteiger partial charge in [0.15, 0.2) is 16.7 Å². The van der Waals surface area contributed by atoms with Crippen LogP contribution in [-0.4, -0.2) is 35.3 Å². The van der Waals surface area contributed by atoms with Gasteiger partial charge in [0.1, 0.15) is 4.91 Å². The number of aromatic nitrogens is 2. The van der Waals surface area contributed by atoms with Gasteiger partial charge >= 0.3 is 5.97 Å². The molecule has 1 aromatic heterocycles. The zero-order valence-electron chi connectivity index (χ0n) is 13.9. The van der Waals surface area contributed by atoms with Crippen LogP contribution >= 0.6 is 23.4 Å². The number of carbonyl (C=O) groups is 1. The predicted molar refractivity (Wildman–Crippen MR) is 102 cm³/mol. The maximum atomic E-state index is 11.7. The molecule has 0 aliphatic carbocycles. The molecular weight excluding hydrogens is 376 g/mol. The number of rotatable bonds is 6. The fourth-order valence-corrected chi connectivity index (χ4v) is 3.48. The van der Waals surface area contributed by atoms with Crippen molar-refractivity contribution in [2.45, 2.75) is 5.16 Å². The van der Waals surface area contributed by atoms with E-state index in [2.05, 4.69) is 9.97 Å². The normalized spacial score (nSPS) is 11.6. The van der Waals surface area contributed by atoms with Crippen LogP contribution in [0.5, 0.6) is 11.5 Å². The average molecular weight is 391 g/mol. The SMILES string of the molecule is COc1cc(/C=C(\Sc2nc3ccccc3[nH]2)C(=O)O)cc(Cl)c1OC. The van der Waals surface area contributed by atoms with Gasteiger partial charge in [-0.2, -0.15) is 0 Å². The molecule has 134 valence electrons. The number of para-hydroxylation sites is 2. The predicted octanol–water partition coefficient (Wildman–Crippen LogP) is 4.45. The molecule has 0 amide bonds. The van der Waals surface area contributed by atoms with Gasteiger partial charge in [0.25, 0.3) is 0 Å². The van der Waals surface area contributed by atoms with Crippen LogP contribution in [0.2, 0.25) is 5.02 Å². The van der Waals surface area contributed by atoms with E-state index in [1.807, 2.05) is 24.3 Å². The van der Waals surface area contributed by atoms with E-state index in [1.165, 1.54) is 20.3 Å². The molecule has 0 unspecified atom stereocenters. The van der Waals surface area contributed by atoms with Crippen molar-refractivity contribution in [3.63, 3.8) is 0 Å². The Hall–Kier alpha value is -2.64. The molecule has 1 heterocycles. The Morgan fingerprint density at radius 3 is 2.69 bits per heavy atom. The third-order valence-electron chi connectivity index (χ3n) is 3.54. The molecule has 0 saturated heterocycles. The molecular formula is C18H15ClN2O4S. The van der Waals surface area contributed by atoms with Crippen LogP contribution in [0.4, 0.5) is 0 Å². The van der Waals surface area contributed by atoms with Crippen LogP contribution in [-0.2, 0) is 4.79 Å². The van der Waals surface area contributed by atoms with E-state index in [0.717, 1.165) is 22.8 Å². The van der Waals surface area contributed by atoms with Crippen molar-refractivity contribution in [2.75, 3.05) is 14.2 Å². The van der Waals surface area contributed by atoms with E-state index in [0.29, 0.717) is 27.2 Å². The fraction of sp³-hybridized carbons (Fsp3) is 0.111. The van der Waals surface area contributed by atoms with Gasteiger partial charge in [-0.25, -0.2) is 9.78 Å². The fourth-order valence-electron chi connectivity index (χ4n) is 2.39. The largest absolute Gasteiger partial charge is 0.493 e. The second-order valence-electron chi connectivity index (χ2n) is 5.21. The van der Waals surface area contributed by atoms with Crippen molar-refractivity contribution in [3.05, 3.63) is 51.9 Å². The molecule has 0 spiro atoms. The number of aliphatic carboxylic acids is 1. The Morgan fingerprint density at radius 2 is 2.04 bits per heavy atom. The number of hydrogen-bond acceptors (Lipinski definition) is 5. The molecule has 0 aliphatic rings. The van der Waals surface area contributed by atoms with E-state index in [9.17, 15) is 9.90 Å². The number of hydrogen-bond donors (Lipinski definition) is 2. The number of benzene rings is 2. The van der Waals surface area contributed by atoms with E-state index in [1.54, 1.807) is 12.1 Å². The lowest BCUT2D eigenvalue weighted by Crippen LogP contribution is -1.98. The Kier molecular flexibility index (Phi) is 5.39. The van der Waals surface area contributed by atoms with Gasteiger partial charge in [-0.05, 0) is 47.7 Å². The maximum Gasteiger partial charge on any atom is 0.342 e. The lowest BCUT2D eigenvalue weighted by atomic mass is 10.2. The zero-order chi connectivity index (χ0) is 18.7. The van der Waals surface area contributed by atoms with Crippen molar-refractivity contribution in [1.82, 2.24) is 9.97 Å². The number of H-pyrrole nitrogens is 1. The first kappa shape index (κ1) is 18.2. The van der Waals surface area contributed by atoms with Gasteiger partial charge in [0, 0.05) is 0 Å². The van der Waals surface area contributed by atoms with Crippen molar-refractivity contribution < 1.29 is 19.4 Å². The van der Waals surface area contributed by atoms with Gasteiger partial charge in [0.05, 0.1) is 30.3 Å². The molecule has 0 aliphatic heterocycles. The minimum Gasteiger partial charge on any atom is -0.493 e. The second kappa shape index (κ2) is 7.72. The number of ether oxygens (including phenoxy) is 2. The highest BCUT2D eigenvalue weighted by atomic mass is 35.5. The number of thioether (sulfide) groups is 1. The number of halogens is 1. The van der Waals surface area contributed by atoms with Crippen molar-refractivity contribution in [3.8, 4) is 11.5 Å². The van der Waals surface area contributed by atoms with Crippen LogP contribution in [0.25, 0.3) is 17.1 Å². The third-order valence-corrected chi connectivity index (χ3v) is 4.72. The zero-order valence-corrected chi connectivity index (χ0v) is 15.5.